The minimum absolute atomic E-state index is 0.330. The predicted molar refractivity (Wildman–Crippen MR) is 42.3 cm³/mol. The molecule has 62 valence electrons. The van der Waals surface area contributed by atoms with Gasteiger partial charge in [-0.05, 0) is 25.9 Å². The first kappa shape index (κ1) is 7.10. The molecule has 2 rings (SSSR count). The molecule has 3 heteroatoms. The average molecular weight is 154 g/mol. The Morgan fingerprint density at radius 2 is 1.73 bits per heavy atom. The third-order valence-electron chi connectivity index (χ3n) is 2.52. The quantitative estimate of drug-likeness (QED) is 0.555. The van der Waals surface area contributed by atoms with Crippen LogP contribution in [0.2, 0.25) is 0 Å². The molecule has 0 radical (unpaired) electrons. The summed E-state index contributed by atoms with van der Waals surface area (Å²) in [5.74, 6) is 0.330. The molecule has 0 unspecified atom stereocenters. The highest BCUT2D eigenvalue weighted by Crippen LogP contribution is 2.10. The van der Waals surface area contributed by atoms with Gasteiger partial charge in [0, 0.05) is 13.1 Å². The molecule has 2 fully saturated rings. The van der Waals surface area contributed by atoms with Crippen LogP contribution in [0.1, 0.15) is 12.8 Å². The van der Waals surface area contributed by atoms with Crippen molar-refractivity contribution >= 4 is 5.91 Å². The minimum atomic E-state index is 0.330. The zero-order valence-electron chi connectivity index (χ0n) is 6.75. The van der Waals surface area contributed by atoms with Gasteiger partial charge < -0.3 is 4.90 Å². The van der Waals surface area contributed by atoms with Crippen LogP contribution in [-0.2, 0) is 4.79 Å². The summed E-state index contributed by atoms with van der Waals surface area (Å²) < 4.78 is 0. The van der Waals surface area contributed by atoms with Crippen LogP contribution in [0.3, 0.4) is 0 Å². The van der Waals surface area contributed by atoms with Crippen molar-refractivity contribution in [1.29, 1.82) is 0 Å². The van der Waals surface area contributed by atoms with Crippen LogP contribution >= 0.6 is 0 Å². The molecular weight excluding hydrogens is 140 g/mol. The first-order valence-electron chi connectivity index (χ1n) is 4.36. The fourth-order valence-electron chi connectivity index (χ4n) is 1.40. The van der Waals surface area contributed by atoms with Gasteiger partial charge in [-0.1, -0.05) is 0 Å². The van der Waals surface area contributed by atoms with Gasteiger partial charge >= 0.3 is 0 Å². The second kappa shape index (κ2) is 2.81. The summed E-state index contributed by atoms with van der Waals surface area (Å²) in [4.78, 5) is 15.5. The van der Waals surface area contributed by atoms with E-state index in [-0.39, 0.29) is 0 Å². The minimum Gasteiger partial charge on any atom is -0.341 e. The van der Waals surface area contributed by atoms with E-state index in [0.29, 0.717) is 12.5 Å². The molecule has 0 aromatic carbocycles. The van der Waals surface area contributed by atoms with Crippen molar-refractivity contribution in [2.24, 2.45) is 0 Å². The molecule has 2 heterocycles. The molecule has 1 amide bonds. The van der Waals surface area contributed by atoms with Crippen molar-refractivity contribution in [2.75, 3.05) is 32.7 Å². The summed E-state index contributed by atoms with van der Waals surface area (Å²) >= 11 is 0. The van der Waals surface area contributed by atoms with Gasteiger partial charge in [-0.2, -0.15) is 0 Å². The van der Waals surface area contributed by atoms with Crippen LogP contribution in [0.4, 0.5) is 0 Å². The zero-order chi connectivity index (χ0) is 7.68. The van der Waals surface area contributed by atoms with E-state index in [1.165, 1.54) is 12.8 Å². The molecule has 0 aromatic heterocycles. The largest absolute Gasteiger partial charge is 0.341 e. The normalized spacial score (nSPS) is 24.2. The van der Waals surface area contributed by atoms with E-state index in [1.54, 1.807) is 0 Å². The van der Waals surface area contributed by atoms with Gasteiger partial charge in [0.1, 0.15) is 0 Å². The maximum atomic E-state index is 11.3. The number of nitrogens with zero attached hydrogens (tertiary/aromatic N) is 2. The summed E-state index contributed by atoms with van der Waals surface area (Å²) in [6.07, 6.45) is 2.47. The zero-order valence-corrected chi connectivity index (χ0v) is 6.75. The Morgan fingerprint density at radius 1 is 1.09 bits per heavy atom. The van der Waals surface area contributed by atoms with Gasteiger partial charge in [0.2, 0.25) is 5.91 Å². The molecule has 0 aliphatic carbocycles. The van der Waals surface area contributed by atoms with Gasteiger partial charge in [-0.25, -0.2) is 0 Å². The van der Waals surface area contributed by atoms with Crippen molar-refractivity contribution in [3.63, 3.8) is 0 Å². The first-order valence-corrected chi connectivity index (χ1v) is 4.36. The lowest BCUT2D eigenvalue weighted by molar-refractivity contribution is -0.136. The van der Waals surface area contributed by atoms with Crippen molar-refractivity contribution in [2.45, 2.75) is 12.8 Å². The Morgan fingerprint density at radius 3 is 2.09 bits per heavy atom. The lowest BCUT2D eigenvalue weighted by Gasteiger charge is -2.36. The van der Waals surface area contributed by atoms with Gasteiger partial charge in [0.05, 0.1) is 6.54 Å². The number of likely N-dealkylation sites (tertiary alicyclic amines) is 2. The summed E-state index contributed by atoms with van der Waals surface area (Å²) in [5, 5.41) is 0. The lowest BCUT2D eigenvalue weighted by atomic mass is 10.2. The number of rotatable bonds is 2. The summed E-state index contributed by atoms with van der Waals surface area (Å²) in [6.45, 7) is 4.90. The highest BCUT2D eigenvalue weighted by molar-refractivity contribution is 5.79. The summed E-state index contributed by atoms with van der Waals surface area (Å²) in [5.41, 5.74) is 0. The molecule has 2 aliphatic rings. The summed E-state index contributed by atoms with van der Waals surface area (Å²) in [6, 6.07) is 0. The van der Waals surface area contributed by atoms with Crippen molar-refractivity contribution in [3.8, 4) is 0 Å². The Bertz CT molecular complexity index is 161. The monoisotopic (exact) mass is 154 g/mol. The van der Waals surface area contributed by atoms with E-state index >= 15 is 0 Å². The SMILES string of the molecule is O=C(CN1CCC1)N1CCC1. The van der Waals surface area contributed by atoms with Crippen molar-refractivity contribution < 1.29 is 4.79 Å². The number of carbonyl (C=O) groups is 1. The van der Waals surface area contributed by atoms with Crippen LogP contribution < -0.4 is 0 Å². The Hall–Kier alpha value is -0.570. The molecule has 0 spiro atoms. The standard InChI is InChI=1S/C8H14N2O/c11-8(10-5-2-6-10)7-9-3-1-4-9/h1-7H2. The second-order valence-electron chi connectivity index (χ2n) is 3.36. The Kier molecular flexibility index (Phi) is 1.82. The number of hydrogen-bond acceptors (Lipinski definition) is 2. The molecule has 2 aliphatic heterocycles. The maximum Gasteiger partial charge on any atom is 0.236 e. The summed E-state index contributed by atoms with van der Waals surface area (Å²) in [7, 11) is 0. The highest BCUT2D eigenvalue weighted by Gasteiger charge is 2.24. The highest BCUT2D eigenvalue weighted by atomic mass is 16.2. The molecule has 0 bridgehead atoms. The van der Waals surface area contributed by atoms with E-state index in [0.717, 1.165) is 26.2 Å². The van der Waals surface area contributed by atoms with Gasteiger partial charge in [-0.3, -0.25) is 9.69 Å². The Balaban J connectivity index is 1.71. The lowest BCUT2D eigenvalue weighted by Crippen LogP contribution is -2.50. The van der Waals surface area contributed by atoms with Crippen molar-refractivity contribution in [1.82, 2.24) is 9.80 Å². The van der Waals surface area contributed by atoms with Gasteiger partial charge in [-0.15, -0.1) is 0 Å². The van der Waals surface area contributed by atoms with Crippen molar-refractivity contribution in [3.05, 3.63) is 0 Å². The predicted octanol–water partition coefficient (Wildman–Crippen LogP) is -0.0756. The molecular formula is C8H14N2O. The molecule has 3 nitrogen and oxygen atoms in total. The van der Waals surface area contributed by atoms with Crippen LogP contribution in [0.5, 0.6) is 0 Å². The second-order valence-corrected chi connectivity index (χ2v) is 3.36. The van der Waals surface area contributed by atoms with Crippen LogP contribution in [-0.4, -0.2) is 48.4 Å². The molecule has 0 atom stereocenters. The fraction of sp³-hybridized carbons (Fsp3) is 0.875. The van der Waals surface area contributed by atoms with Crippen LogP contribution in [0.15, 0.2) is 0 Å². The molecule has 0 aromatic rings. The number of amides is 1. The molecule has 11 heavy (non-hydrogen) atoms. The average Bonchev–Trinajstić information content (AvgIpc) is 1.74. The smallest absolute Gasteiger partial charge is 0.236 e. The third kappa shape index (κ3) is 1.38. The van der Waals surface area contributed by atoms with Crippen LogP contribution in [0.25, 0.3) is 0 Å². The molecule has 0 saturated carbocycles. The van der Waals surface area contributed by atoms with Crippen LogP contribution in [0, 0.1) is 0 Å². The Labute approximate surface area is 67.0 Å². The molecule has 0 N–H and O–H groups in total. The number of carbonyl (C=O) groups excluding carboxylic acids is 1. The van der Waals surface area contributed by atoms with E-state index in [9.17, 15) is 4.79 Å². The topological polar surface area (TPSA) is 23.6 Å². The third-order valence-corrected chi connectivity index (χ3v) is 2.52. The van der Waals surface area contributed by atoms with Gasteiger partial charge in [0.15, 0.2) is 0 Å². The van der Waals surface area contributed by atoms with E-state index in [1.807, 2.05) is 4.90 Å². The fourth-order valence-corrected chi connectivity index (χ4v) is 1.40. The number of hydrogen-bond donors (Lipinski definition) is 0. The van der Waals surface area contributed by atoms with E-state index in [4.69, 9.17) is 0 Å². The van der Waals surface area contributed by atoms with E-state index in [2.05, 4.69) is 4.90 Å². The van der Waals surface area contributed by atoms with E-state index < -0.39 is 0 Å². The maximum absolute atomic E-state index is 11.3. The first-order chi connectivity index (χ1) is 5.36. The molecule has 2 saturated heterocycles. The van der Waals surface area contributed by atoms with Gasteiger partial charge in [0.25, 0.3) is 0 Å².